The lowest BCUT2D eigenvalue weighted by Crippen LogP contribution is -2.09. The van der Waals surface area contributed by atoms with Crippen LogP contribution in [0.5, 0.6) is 0 Å². The van der Waals surface area contributed by atoms with Gasteiger partial charge < -0.3 is 10.2 Å². The van der Waals surface area contributed by atoms with E-state index in [4.69, 9.17) is 10.2 Å². The highest BCUT2D eigenvalue weighted by Crippen LogP contribution is 2.32. The van der Waals surface area contributed by atoms with Crippen LogP contribution in [0.3, 0.4) is 0 Å². The second-order valence-corrected chi connectivity index (χ2v) is 4.20. The standard InChI is InChI=1S/C11H12N2OS/c12-8-10(9-4-2-1-3-5-9)15-11-13-6-7-14-11/h1-7,10H,8,12H2. The summed E-state index contributed by atoms with van der Waals surface area (Å²) in [7, 11) is 0. The highest BCUT2D eigenvalue weighted by Gasteiger charge is 2.13. The number of oxazole rings is 1. The lowest BCUT2D eigenvalue weighted by Gasteiger charge is -2.11. The predicted molar refractivity (Wildman–Crippen MR) is 60.6 cm³/mol. The van der Waals surface area contributed by atoms with Crippen molar-refractivity contribution in [1.82, 2.24) is 4.98 Å². The quantitative estimate of drug-likeness (QED) is 0.804. The molecule has 0 saturated heterocycles. The van der Waals surface area contributed by atoms with Crippen molar-refractivity contribution in [1.29, 1.82) is 0 Å². The zero-order chi connectivity index (χ0) is 10.5. The molecule has 1 heterocycles. The van der Waals surface area contributed by atoms with Crippen molar-refractivity contribution in [2.45, 2.75) is 10.5 Å². The average molecular weight is 220 g/mol. The molecule has 2 N–H and O–H groups in total. The molecule has 4 heteroatoms. The van der Waals surface area contributed by atoms with E-state index in [2.05, 4.69) is 17.1 Å². The molecule has 2 rings (SSSR count). The molecule has 78 valence electrons. The molecule has 0 aliphatic rings. The maximum atomic E-state index is 5.73. The van der Waals surface area contributed by atoms with Crippen LogP contribution in [0.15, 0.2) is 52.4 Å². The monoisotopic (exact) mass is 220 g/mol. The first-order valence-electron chi connectivity index (χ1n) is 4.71. The van der Waals surface area contributed by atoms with Gasteiger partial charge in [0.25, 0.3) is 5.22 Å². The Morgan fingerprint density at radius 1 is 1.33 bits per heavy atom. The van der Waals surface area contributed by atoms with Gasteiger partial charge in [-0.1, -0.05) is 42.1 Å². The van der Waals surface area contributed by atoms with E-state index >= 15 is 0 Å². The Morgan fingerprint density at radius 2 is 2.13 bits per heavy atom. The molecule has 0 saturated carbocycles. The SMILES string of the molecule is NCC(Sc1ncco1)c1ccccc1. The topological polar surface area (TPSA) is 52.0 Å². The summed E-state index contributed by atoms with van der Waals surface area (Å²) in [5.41, 5.74) is 6.93. The maximum absolute atomic E-state index is 5.73. The van der Waals surface area contributed by atoms with Gasteiger partial charge >= 0.3 is 0 Å². The van der Waals surface area contributed by atoms with Gasteiger partial charge in [0, 0.05) is 6.54 Å². The second kappa shape index (κ2) is 5.00. The van der Waals surface area contributed by atoms with Crippen LogP contribution in [0.4, 0.5) is 0 Å². The van der Waals surface area contributed by atoms with Crippen LogP contribution in [0.25, 0.3) is 0 Å². The van der Waals surface area contributed by atoms with E-state index in [1.165, 1.54) is 5.56 Å². The molecule has 3 nitrogen and oxygen atoms in total. The zero-order valence-corrected chi connectivity index (χ0v) is 8.98. The van der Waals surface area contributed by atoms with Gasteiger partial charge in [-0.25, -0.2) is 4.98 Å². The van der Waals surface area contributed by atoms with E-state index in [-0.39, 0.29) is 5.25 Å². The molecule has 2 aromatic rings. The molecule has 0 aliphatic heterocycles. The van der Waals surface area contributed by atoms with E-state index in [9.17, 15) is 0 Å². The summed E-state index contributed by atoms with van der Waals surface area (Å²) < 4.78 is 5.18. The highest BCUT2D eigenvalue weighted by atomic mass is 32.2. The van der Waals surface area contributed by atoms with E-state index < -0.39 is 0 Å². The van der Waals surface area contributed by atoms with Crippen molar-refractivity contribution < 1.29 is 4.42 Å². The first-order valence-corrected chi connectivity index (χ1v) is 5.59. The summed E-state index contributed by atoms with van der Waals surface area (Å²) in [5, 5.41) is 0.860. The van der Waals surface area contributed by atoms with Crippen LogP contribution < -0.4 is 5.73 Å². The van der Waals surface area contributed by atoms with Crippen LogP contribution in [0, 0.1) is 0 Å². The van der Waals surface area contributed by atoms with Crippen molar-refractivity contribution in [2.24, 2.45) is 5.73 Å². The van der Waals surface area contributed by atoms with Crippen LogP contribution in [0.2, 0.25) is 0 Å². The fraction of sp³-hybridized carbons (Fsp3) is 0.182. The number of thioether (sulfide) groups is 1. The fourth-order valence-corrected chi connectivity index (χ4v) is 2.18. The summed E-state index contributed by atoms with van der Waals surface area (Å²) in [6.07, 6.45) is 3.21. The second-order valence-electron chi connectivity index (χ2n) is 3.05. The van der Waals surface area contributed by atoms with Crippen molar-refractivity contribution in [2.75, 3.05) is 6.54 Å². The van der Waals surface area contributed by atoms with Gasteiger partial charge in [-0.2, -0.15) is 0 Å². The van der Waals surface area contributed by atoms with Gasteiger partial charge in [-0.3, -0.25) is 0 Å². The van der Waals surface area contributed by atoms with E-state index in [0.717, 1.165) is 0 Å². The Kier molecular flexibility index (Phi) is 3.42. The van der Waals surface area contributed by atoms with Crippen molar-refractivity contribution in [3.63, 3.8) is 0 Å². The summed E-state index contributed by atoms with van der Waals surface area (Å²) in [4.78, 5) is 4.07. The molecule has 1 aromatic carbocycles. The Bertz CT molecular complexity index is 388. The van der Waals surface area contributed by atoms with Crippen LogP contribution >= 0.6 is 11.8 Å². The minimum atomic E-state index is 0.199. The third-order valence-corrected chi connectivity index (χ3v) is 3.19. The van der Waals surface area contributed by atoms with Gasteiger partial charge in [0.2, 0.25) is 0 Å². The number of rotatable bonds is 4. The van der Waals surface area contributed by atoms with Crippen molar-refractivity contribution in [3.8, 4) is 0 Å². The number of benzene rings is 1. The third-order valence-electron chi connectivity index (χ3n) is 2.04. The van der Waals surface area contributed by atoms with E-state index in [1.54, 1.807) is 24.2 Å². The summed E-state index contributed by atoms with van der Waals surface area (Å²) >= 11 is 1.55. The Hall–Kier alpha value is -1.26. The molecule has 0 fully saturated rings. The summed E-state index contributed by atoms with van der Waals surface area (Å²) in [6.45, 7) is 0.567. The van der Waals surface area contributed by atoms with Gasteiger partial charge in [-0.05, 0) is 5.56 Å². The van der Waals surface area contributed by atoms with Crippen LogP contribution in [-0.2, 0) is 0 Å². The normalized spacial score (nSPS) is 12.6. The smallest absolute Gasteiger partial charge is 0.256 e. The molecular formula is C11H12N2OS. The number of nitrogens with two attached hydrogens (primary N) is 1. The maximum Gasteiger partial charge on any atom is 0.256 e. The molecule has 1 atom stereocenters. The summed E-state index contributed by atoms with van der Waals surface area (Å²) in [5.74, 6) is 0. The van der Waals surface area contributed by atoms with Crippen LogP contribution in [-0.4, -0.2) is 11.5 Å². The third kappa shape index (κ3) is 2.61. The molecule has 1 aromatic heterocycles. The predicted octanol–water partition coefficient (Wildman–Crippen LogP) is 2.47. The average Bonchev–Trinajstić information content (AvgIpc) is 2.80. The zero-order valence-electron chi connectivity index (χ0n) is 8.17. The Balaban J connectivity index is 2.12. The number of aromatic nitrogens is 1. The molecule has 0 bridgehead atoms. The largest absolute Gasteiger partial charge is 0.440 e. The molecule has 0 aliphatic carbocycles. The van der Waals surface area contributed by atoms with E-state index in [1.807, 2.05) is 18.2 Å². The number of nitrogens with zero attached hydrogens (tertiary/aromatic N) is 1. The Labute approximate surface area is 92.7 Å². The van der Waals surface area contributed by atoms with Crippen molar-refractivity contribution in [3.05, 3.63) is 48.4 Å². The molecule has 1 unspecified atom stereocenters. The van der Waals surface area contributed by atoms with Gasteiger partial charge in [-0.15, -0.1) is 0 Å². The number of hydrogen-bond donors (Lipinski definition) is 1. The lowest BCUT2D eigenvalue weighted by molar-refractivity contribution is 0.453. The van der Waals surface area contributed by atoms with E-state index in [0.29, 0.717) is 11.8 Å². The molecular weight excluding hydrogens is 208 g/mol. The fourth-order valence-electron chi connectivity index (χ4n) is 1.31. The van der Waals surface area contributed by atoms with Gasteiger partial charge in [0.1, 0.15) is 6.26 Å². The lowest BCUT2D eigenvalue weighted by atomic mass is 10.1. The van der Waals surface area contributed by atoms with Crippen molar-refractivity contribution >= 4 is 11.8 Å². The first-order chi connectivity index (χ1) is 7.40. The number of hydrogen-bond acceptors (Lipinski definition) is 4. The molecule has 0 amide bonds. The van der Waals surface area contributed by atoms with Gasteiger partial charge in [0.15, 0.2) is 0 Å². The minimum Gasteiger partial charge on any atom is -0.440 e. The van der Waals surface area contributed by atoms with Gasteiger partial charge in [0.05, 0.1) is 11.4 Å². The first kappa shape index (κ1) is 10.3. The van der Waals surface area contributed by atoms with Crippen LogP contribution in [0.1, 0.15) is 10.8 Å². The Morgan fingerprint density at radius 3 is 2.73 bits per heavy atom. The minimum absolute atomic E-state index is 0.199. The molecule has 0 radical (unpaired) electrons. The summed E-state index contributed by atoms with van der Waals surface area (Å²) in [6, 6.07) is 10.1. The molecule has 0 spiro atoms. The highest BCUT2D eigenvalue weighted by molar-refractivity contribution is 7.99. The molecule has 15 heavy (non-hydrogen) atoms.